The van der Waals surface area contributed by atoms with Crippen LogP contribution in [0, 0.1) is 0 Å². The van der Waals surface area contributed by atoms with E-state index in [1.54, 1.807) is 68.8 Å². The molecule has 0 bridgehead atoms. The van der Waals surface area contributed by atoms with E-state index in [0.717, 1.165) is 5.56 Å². The third-order valence-electron chi connectivity index (χ3n) is 4.38. The lowest BCUT2D eigenvalue weighted by Crippen LogP contribution is -2.25. The number of hydrogen-bond acceptors (Lipinski definition) is 4. The normalized spacial score (nSPS) is 10.1. The maximum absolute atomic E-state index is 12.8. The van der Waals surface area contributed by atoms with Crippen molar-refractivity contribution in [2.45, 2.75) is 6.54 Å². The Morgan fingerprint density at radius 2 is 1.52 bits per heavy atom. The molecule has 0 saturated carbocycles. The van der Waals surface area contributed by atoms with E-state index < -0.39 is 0 Å². The van der Waals surface area contributed by atoms with Crippen LogP contribution in [0.1, 0.15) is 26.3 Å². The van der Waals surface area contributed by atoms with Gasteiger partial charge in [0.05, 0.1) is 25.5 Å². The van der Waals surface area contributed by atoms with Crippen LogP contribution < -0.4 is 20.1 Å². The molecule has 29 heavy (non-hydrogen) atoms. The monoisotopic (exact) mass is 390 g/mol. The van der Waals surface area contributed by atoms with Gasteiger partial charge in [-0.2, -0.15) is 0 Å². The molecule has 3 aromatic rings. The minimum atomic E-state index is -0.307. The van der Waals surface area contributed by atoms with Crippen molar-refractivity contribution >= 4 is 17.5 Å². The standard InChI is InChI=1S/C23H22N2O4/c1-28-20-14-8-11-17(21(20)29-2)15-24-23(27)18-12-6-7-13-19(18)25-22(26)16-9-4-3-5-10-16/h3-14H,15H2,1-2H3,(H,24,27)(H,25,26). The van der Waals surface area contributed by atoms with E-state index >= 15 is 0 Å². The highest BCUT2D eigenvalue weighted by atomic mass is 16.5. The summed E-state index contributed by atoms with van der Waals surface area (Å²) in [5.41, 5.74) is 2.12. The Balaban J connectivity index is 1.75. The van der Waals surface area contributed by atoms with Gasteiger partial charge in [-0.15, -0.1) is 0 Å². The lowest BCUT2D eigenvalue weighted by molar-refractivity contribution is 0.0951. The number of carbonyl (C=O) groups excluding carboxylic acids is 2. The molecule has 2 N–H and O–H groups in total. The van der Waals surface area contributed by atoms with Crippen LogP contribution in [0.15, 0.2) is 72.8 Å². The van der Waals surface area contributed by atoms with Crippen molar-refractivity contribution in [2.75, 3.05) is 19.5 Å². The van der Waals surface area contributed by atoms with Gasteiger partial charge in [0.15, 0.2) is 11.5 Å². The van der Waals surface area contributed by atoms with Crippen molar-refractivity contribution in [1.29, 1.82) is 0 Å². The third kappa shape index (κ3) is 4.73. The summed E-state index contributed by atoms with van der Waals surface area (Å²) >= 11 is 0. The zero-order valence-electron chi connectivity index (χ0n) is 16.3. The Morgan fingerprint density at radius 3 is 2.24 bits per heavy atom. The van der Waals surface area contributed by atoms with E-state index in [-0.39, 0.29) is 18.4 Å². The van der Waals surface area contributed by atoms with Crippen LogP contribution >= 0.6 is 0 Å². The Morgan fingerprint density at radius 1 is 0.793 bits per heavy atom. The van der Waals surface area contributed by atoms with Crippen LogP contribution in [0.5, 0.6) is 11.5 Å². The van der Waals surface area contributed by atoms with Gasteiger partial charge in [-0.3, -0.25) is 9.59 Å². The average molecular weight is 390 g/mol. The summed E-state index contributed by atoms with van der Waals surface area (Å²) in [7, 11) is 3.11. The first-order valence-electron chi connectivity index (χ1n) is 9.07. The molecule has 0 unspecified atom stereocenters. The van der Waals surface area contributed by atoms with Gasteiger partial charge in [0.25, 0.3) is 11.8 Å². The number of anilines is 1. The second-order valence-electron chi connectivity index (χ2n) is 6.20. The van der Waals surface area contributed by atoms with Crippen LogP contribution in [0.3, 0.4) is 0 Å². The maximum Gasteiger partial charge on any atom is 0.255 e. The van der Waals surface area contributed by atoms with Crippen molar-refractivity contribution in [3.63, 3.8) is 0 Å². The van der Waals surface area contributed by atoms with Gasteiger partial charge in [0.2, 0.25) is 0 Å². The van der Waals surface area contributed by atoms with E-state index in [9.17, 15) is 9.59 Å². The zero-order valence-corrected chi connectivity index (χ0v) is 16.3. The highest BCUT2D eigenvalue weighted by Gasteiger charge is 2.15. The van der Waals surface area contributed by atoms with Crippen LogP contribution in [-0.4, -0.2) is 26.0 Å². The molecule has 0 aliphatic carbocycles. The molecule has 0 spiro atoms. The minimum absolute atomic E-state index is 0.250. The summed E-state index contributed by atoms with van der Waals surface area (Å²) in [4.78, 5) is 25.2. The number of rotatable bonds is 7. The first-order chi connectivity index (χ1) is 14.1. The number of hydrogen-bond donors (Lipinski definition) is 2. The first-order valence-corrected chi connectivity index (χ1v) is 9.07. The lowest BCUT2D eigenvalue weighted by atomic mass is 10.1. The second kappa shape index (κ2) is 9.41. The number of methoxy groups -OCH3 is 2. The van der Waals surface area contributed by atoms with E-state index in [2.05, 4.69) is 10.6 Å². The van der Waals surface area contributed by atoms with Crippen molar-refractivity contribution in [3.8, 4) is 11.5 Å². The molecule has 0 radical (unpaired) electrons. The fourth-order valence-electron chi connectivity index (χ4n) is 2.94. The molecule has 6 heteroatoms. The van der Waals surface area contributed by atoms with E-state index in [1.165, 1.54) is 0 Å². The van der Waals surface area contributed by atoms with Crippen LogP contribution in [-0.2, 0) is 6.54 Å². The van der Waals surface area contributed by atoms with Gasteiger partial charge in [0.1, 0.15) is 0 Å². The van der Waals surface area contributed by atoms with Crippen molar-refractivity contribution in [3.05, 3.63) is 89.5 Å². The van der Waals surface area contributed by atoms with Gasteiger partial charge in [-0.25, -0.2) is 0 Å². The Labute approximate surface area is 169 Å². The molecule has 0 aromatic heterocycles. The summed E-state index contributed by atoms with van der Waals surface area (Å²) in [5.74, 6) is 0.579. The number of amides is 2. The van der Waals surface area contributed by atoms with Gasteiger partial charge in [-0.05, 0) is 30.3 Å². The van der Waals surface area contributed by atoms with E-state index in [4.69, 9.17) is 9.47 Å². The molecule has 6 nitrogen and oxygen atoms in total. The molecule has 0 saturated heterocycles. The van der Waals surface area contributed by atoms with Gasteiger partial charge >= 0.3 is 0 Å². The summed E-state index contributed by atoms with van der Waals surface area (Å²) < 4.78 is 10.7. The molecule has 2 amide bonds. The smallest absolute Gasteiger partial charge is 0.255 e. The Kier molecular flexibility index (Phi) is 6.47. The predicted molar refractivity (Wildman–Crippen MR) is 112 cm³/mol. The summed E-state index contributed by atoms with van der Waals surface area (Å²) in [6, 6.07) is 21.2. The molecule has 3 aromatic carbocycles. The summed E-state index contributed by atoms with van der Waals surface area (Å²) in [5, 5.41) is 5.67. The number of carbonyl (C=O) groups is 2. The second-order valence-corrected chi connectivity index (χ2v) is 6.20. The number of benzene rings is 3. The lowest BCUT2D eigenvalue weighted by Gasteiger charge is -2.14. The maximum atomic E-state index is 12.8. The van der Waals surface area contributed by atoms with Gasteiger partial charge in [-0.1, -0.05) is 42.5 Å². The van der Waals surface area contributed by atoms with Crippen LogP contribution in [0.4, 0.5) is 5.69 Å². The van der Waals surface area contributed by atoms with Crippen molar-refractivity contribution in [2.24, 2.45) is 0 Å². The zero-order chi connectivity index (χ0) is 20.6. The number of para-hydroxylation sites is 2. The largest absolute Gasteiger partial charge is 0.493 e. The molecule has 0 heterocycles. The SMILES string of the molecule is COc1cccc(CNC(=O)c2ccccc2NC(=O)c2ccccc2)c1OC. The Hall–Kier alpha value is -3.80. The van der Waals surface area contributed by atoms with E-state index in [1.807, 2.05) is 18.2 Å². The Bertz CT molecular complexity index is 1000. The van der Waals surface area contributed by atoms with Crippen molar-refractivity contribution in [1.82, 2.24) is 5.32 Å². The molecule has 148 valence electrons. The number of nitrogens with one attached hydrogen (secondary N) is 2. The van der Waals surface area contributed by atoms with Gasteiger partial charge < -0.3 is 20.1 Å². The van der Waals surface area contributed by atoms with Crippen LogP contribution in [0.2, 0.25) is 0 Å². The van der Waals surface area contributed by atoms with Gasteiger partial charge in [0, 0.05) is 17.7 Å². The average Bonchev–Trinajstić information content (AvgIpc) is 2.77. The van der Waals surface area contributed by atoms with E-state index in [0.29, 0.717) is 28.3 Å². The first kappa shape index (κ1) is 19.9. The molecule has 0 fully saturated rings. The molecule has 3 rings (SSSR count). The molecule has 0 aliphatic rings. The van der Waals surface area contributed by atoms with Crippen LogP contribution in [0.25, 0.3) is 0 Å². The molecular weight excluding hydrogens is 368 g/mol. The quantitative estimate of drug-likeness (QED) is 0.642. The topological polar surface area (TPSA) is 76.7 Å². The molecule has 0 aliphatic heterocycles. The highest BCUT2D eigenvalue weighted by molar-refractivity contribution is 6.08. The fraction of sp³-hybridized carbons (Fsp3) is 0.130. The minimum Gasteiger partial charge on any atom is -0.493 e. The predicted octanol–water partition coefficient (Wildman–Crippen LogP) is 3.89. The third-order valence-corrected chi connectivity index (χ3v) is 4.38. The number of ether oxygens (including phenoxy) is 2. The highest BCUT2D eigenvalue weighted by Crippen LogP contribution is 2.30. The molecule has 0 atom stereocenters. The summed E-state index contributed by atoms with van der Waals surface area (Å²) in [6.45, 7) is 0.250. The molecular formula is C23H22N2O4. The fourth-order valence-corrected chi connectivity index (χ4v) is 2.94. The van der Waals surface area contributed by atoms with Crippen molar-refractivity contribution < 1.29 is 19.1 Å². The summed E-state index contributed by atoms with van der Waals surface area (Å²) in [6.07, 6.45) is 0.